The van der Waals surface area contributed by atoms with Gasteiger partial charge in [0.25, 0.3) is 0 Å². The van der Waals surface area contributed by atoms with E-state index in [9.17, 15) is 0 Å². The number of aryl methyl sites for hydroxylation is 1. The zero-order valence-electron chi connectivity index (χ0n) is 12.3. The van der Waals surface area contributed by atoms with E-state index in [0.29, 0.717) is 5.41 Å². The maximum absolute atomic E-state index is 5.57. The lowest BCUT2D eigenvalue weighted by Crippen LogP contribution is -2.14. The van der Waals surface area contributed by atoms with E-state index in [1.54, 1.807) is 0 Å². The summed E-state index contributed by atoms with van der Waals surface area (Å²) in [5.74, 6) is 1.18. The SMILES string of the molecule is CC1(CCSc2cccc(CCCN)c2)C=CC=CC1. The molecule has 0 spiro atoms. The predicted molar refractivity (Wildman–Crippen MR) is 90.2 cm³/mol. The summed E-state index contributed by atoms with van der Waals surface area (Å²) in [5, 5.41) is 0. The summed E-state index contributed by atoms with van der Waals surface area (Å²) < 4.78 is 0. The molecule has 108 valence electrons. The number of thioether (sulfide) groups is 1. The van der Waals surface area contributed by atoms with E-state index in [-0.39, 0.29) is 0 Å². The predicted octanol–water partition coefficient (Wildman–Crippen LogP) is 4.58. The summed E-state index contributed by atoms with van der Waals surface area (Å²) in [6, 6.07) is 8.91. The second-order valence-corrected chi connectivity index (χ2v) is 6.95. The van der Waals surface area contributed by atoms with Crippen molar-refractivity contribution in [2.24, 2.45) is 11.1 Å². The number of hydrogen-bond acceptors (Lipinski definition) is 2. The molecule has 1 aliphatic rings. The van der Waals surface area contributed by atoms with Crippen molar-refractivity contribution < 1.29 is 0 Å². The van der Waals surface area contributed by atoms with E-state index < -0.39 is 0 Å². The molecule has 2 rings (SSSR count). The second-order valence-electron chi connectivity index (χ2n) is 5.78. The minimum Gasteiger partial charge on any atom is -0.330 e. The first-order valence-electron chi connectivity index (χ1n) is 7.48. The summed E-state index contributed by atoms with van der Waals surface area (Å²) in [4.78, 5) is 1.39. The molecule has 1 aliphatic carbocycles. The van der Waals surface area contributed by atoms with Crippen molar-refractivity contribution in [3.8, 4) is 0 Å². The molecule has 20 heavy (non-hydrogen) atoms. The van der Waals surface area contributed by atoms with Crippen molar-refractivity contribution in [2.45, 2.75) is 37.5 Å². The van der Waals surface area contributed by atoms with Crippen LogP contribution in [0.3, 0.4) is 0 Å². The molecule has 1 aromatic carbocycles. The van der Waals surface area contributed by atoms with Crippen LogP contribution >= 0.6 is 11.8 Å². The topological polar surface area (TPSA) is 26.0 Å². The zero-order valence-corrected chi connectivity index (χ0v) is 13.2. The highest BCUT2D eigenvalue weighted by atomic mass is 32.2. The number of nitrogens with two attached hydrogens (primary N) is 1. The quantitative estimate of drug-likeness (QED) is 0.743. The van der Waals surface area contributed by atoms with Gasteiger partial charge in [-0.05, 0) is 61.1 Å². The fourth-order valence-electron chi connectivity index (χ4n) is 2.46. The van der Waals surface area contributed by atoms with Crippen molar-refractivity contribution in [1.29, 1.82) is 0 Å². The molecule has 0 radical (unpaired) electrons. The van der Waals surface area contributed by atoms with Gasteiger partial charge < -0.3 is 5.73 Å². The van der Waals surface area contributed by atoms with Gasteiger partial charge in [-0.1, -0.05) is 43.4 Å². The maximum Gasteiger partial charge on any atom is 0.00746 e. The number of hydrogen-bond donors (Lipinski definition) is 1. The van der Waals surface area contributed by atoms with Gasteiger partial charge >= 0.3 is 0 Å². The van der Waals surface area contributed by atoms with Crippen molar-refractivity contribution in [3.63, 3.8) is 0 Å². The number of benzene rings is 1. The molecule has 0 fully saturated rings. The highest BCUT2D eigenvalue weighted by molar-refractivity contribution is 7.99. The fraction of sp³-hybridized carbons (Fsp3) is 0.444. The highest BCUT2D eigenvalue weighted by Gasteiger charge is 2.20. The van der Waals surface area contributed by atoms with Gasteiger partial charge in [0.15, 0.2) is 0 Å². The van der Waals surface area contributed by atoms with Crippen LogP contribution in [0, 0.1) is 5.41 Å². The fourth-order valence-corrected chi connectivity index (χ4v) is 3.67. The molecular formula is C18H25NS. The van der Waals surface area contributed by atoms with E-state index in [0.717, 1.165) is 19.4 Å². The lowest BCUT2D eigenvalue weighted by molar-refractivity contribution is 0.417. The molecule has 0 saturated carbocycles. The van der Waals surface area contributed by atoms with Crippen LogP contribution in [0.1, 0.15) is 31.7 Å². The Hall–Kier alpha value is -0.990. The summed E-state index contributed by atoms with van der Waals surface area (Å²) in [6.07, 6.45) is 13.5. The summed E-state index contributed by atoms with van der Waals surface area (Å²) in [6.45, 7) is 3.13. The van der Waals surface area contributed by atoms with Crippen LogP contribution in [0.25, 0.3) is 0 Å². The molecule has 0 bridgehead atoms. The van der Waals surface area contributed by atoms with Gasteiger partial charge in [0.1, 0.15) is 0 Å². The van der Waals surface area contributed by atoms with E-state index in [4.69, 9.17) is 5.73 Å². The standard InChI is InChI=1S/C18H25NS/c1-18(10-3-2-4-11-18)12-14-20-17-9-5-7-16(15-17)8-6-13-19/h2-5,7,9-10,15H,6,8,11-14,19H2,1H3. The van der Waals surface area contributed by atoms with Crippen molar-refractivity contribution in [1.82, 2.24) is 0 Å². The zero-order chi connectivity index (χ0) is 14.3. The molecule has 1 unspecified atom stereocenters. The van der Waals surface area contributed by atoms with Crippen molar-refractivity contribution >= 4 is 11.8 Å². The molecule has 2 N–H and O–H groups in total. The van der Waals surface area contributed by atoms with Crippen LogP contribution in [0.5, 0.6) is 0 Å². The summed E-state index contributed by atoms with van der Waals surface area (Å²) >= 11 is 1.97. The summed E-state index contributed by atoms with van der Waals surface area (Å²) in [5.41, 5.74) is 7.33. The Labute approximate surface area is 127 Å². The highest BCUT2D eigenvalue weighted by Crippen LogP contribution is 2.33. The van der Waals surface area contributed by atoms with Crippen molar-refractivity contribution in [2.75, 3.05) is 12.3 Å². The monoisotopic (exact) mass is 287 g/mol. The van der Waals surface area contributed by atoms with E-state index in [2.05, 4.69) is 55.5 Å². The van der Waals surface area contributed by atoms with E-state index in [1.165, 1.54) is 29.1 Å². The molecule has 0 amide bonds. The average molecular weight is 287 g/mol. The van der Waals surface area contributed by atoms with Crippen LogP contribution in [0.4, 0.5) is 0 Å². The molecular weight excluding hydrogens is 262 g/mol. The first kappa shape index (κ1) is 15.4. The van der Waals surface area contributed by atoms with Gasteiger partial charge in [-0.25, -0.2) is 0 Å². The lowest BCUT2D eigenvalue weighted by atomic mass is 9.81. The Morgan fingerprint density at radius 1 is 1.30 bits per heavy atom. The van der Waals surface area contributed by atoms with Crippen LogP contribution in [-0.2, 0) is 6.42 Å². The van der Waals surface area contributed by atoms with Gasteiger partial charge in [0, 0.05) is 4.90 Å². The van der Waals surface area contributed by atoms with Crippen LogP contribution in [0.2, 0.25) is 0 Å². The van der Waals surface area contributed by atoms with Gasteiger partial charge in [0.2, 0.25) is 0 Å². The molecule has 0 heterocycles. The van der Waals surface area contributed by atoms with Gasteiger partial charge in [0.05, 0.1) is 0 Å². The molecule has 0 aliphatic heterocycles. The molecule has 1 atom stereocenters. The van der Waals surface area contributed by atoms with Crippen molar-refractivity contribution in [3.05, 3.63) is 54.1 Å². The molecule has 0 saturated heterocycles. The Morgan fingerprint density at radius 2 is 2.20 bits per heavy atom. The van der Waals surface area contributed by atoms with Crippen LogP contribution in [-0.4, -0.2) is 12.3 Å². The lowest BCUT2D eigenvalue weighted by Gasteiger charge is -2.26. The Bertz CT molecular complexity index is 478. The third-order valence-corrected chi connectivity index (χ3v) is 4.84. The van der Waals surface area contributed by atoms with Gasteiger partial charge in [-0.2, -0.15) is 0 Å². The normalized spacial score (nSPS) is 21.3. The number of allylic oxidation sites excluding steroid dienone is 4. The van der Waals surface area contributed by atoms with Gasteiger partial charge in [-0.15, -0.1) is 11.8 Å². The Kier molecular flexibility index (Phi) is 5.93. The van der Waals surface area contributed by atoms with Gasteiger partial charge in [-0.3, -0.25) is 0 Å². The van der Waals surface area contributed by atoms with Crippen LogP contribution in [0.15, 0.2) is 53.5 Å². The molecule has 1 nitrogen and oxygen atoms in total. The second kappa shape index (κ2) is 7.70. The maximum atomic E-state index is 5.57. The molecule has 1 aromatic rings. The number of rotatable bonds is 7. The van der Waals surface area contributed by atoms with E-state index >= 15 is 0 Å². The minimum absolute atomic E-state index is 0.346. The van der Waals surface area contributed by atoms with Crippen LogP contribution < -0.4 is 5.73 Å². The minimum atomic E-state index is 0.346. The summed E-state index contributed by atoms with van der Waals surface area (Å²) in [7, 11) is 0. The molecule has 2 heteroatoms. The largest absolute Gasteiger partial charge is 0.330 e. The Balaban J connectivity index is 1.81. The molecule has 0 aromatic heterocycles. The first-order valence-corrected chi connectivity index (χ1v) is 8.47. The van der Waals surface area contributed by atoms with E-state index in [1.807, 2.05) is 11.8 Å². The average Bonchev–Trinajstić information content (AvgIpc) is 2.46. The third kappa shape index (κ3) is 4.84. The smallest absolute Gasteiger partial charge is 0.00746 e. The Morgan fingerprint density at radius 3 is 2.95 bits per heavy atom. The first-order chi connectivity index (χ1) is 9.72. The third-order valence-electron chi connectivity index (χ3n) is 3.84.